The molecule has 122 valence electrons. The quantitative estimate of drug-likeness (QED) is 0.679. The van der Waals surface area contributed by atoms with Crippen molar-refractivity contribution in [2.75, 3.05) is 5.32 Å². The topological polar surface area (TPSA) is 51.1 Å². The van der Waals surface area contributed by atoms with Gasteiger partial charge >= 0.3 is 0 Å². The highest BCUT2D eigenvalue weighted by atomic mass is 32.1. The van der Waals surface area contributed by atoms with Crippen LogP contribution >= 0.6 is 11.3 Å². The Morgan fingerprint density at radius 2 is 1.79 bits per heavy atom. The van der Waals surface area contributed by atoms with Gasteiger partial charge in [-0.15, -0.1) is 11.3 Å². The summed E-state index contributed by atoms with van der Waals surface area (Å²) >= 11 is 1.64. The van der Waals surface area contributed by atoms with E-state index >= 15 is 0 Å². The Hall–Kier alpha value is -2.66. The van der Waals surface area contributed by atoms with E-state index in [-0.39, 0.29) is 17.7 Å². The molecule has 3 aromatic rings. The first kappa shape index (κ1) is 16.2. The number of Topliss-reactive ketones (excluding diaryl/α,β-unsaturated/α-hetero) is 1. The van der Waals surface area contributed by atoms with Gasteiger partial charge in [0.2, 0.25) is 5.91 Å². The molecule has 0 fully saturated rings. The lowest BCUT2D eigenvalue weighted by molar-refractivity contribution is -0.116. The standard InChI is InChI=1S/C19H18N2O2S/c1-14(22)15-6-8-16(9-7-15)20-19(23)13-17(18-5-4-12-24-18)21-10-2-3-11-21/h2-12,17H,13H2,1H3,(H,20,23)/t17-/m0/s1. The summed E-state index contributed by atoms with van der Waals surface area (Å²) < 4.78 is 2.05. The van der Waals surface area contributed by atoms with E-state index in [9.17, 15) is 9.59 Å². The molecule has 0 aliphatic heterocycles. The van der Waals surface area contributed by atoms with Crippen LogP contribution in [0.4, 0.5) is 5.69 Å². The SMILES string of the molecule is CC(=O)c1ccc(NC(=O)C[C@@H](c2cccs2)n2cccc2)cc1. The summed E-state index contributed by atoms with van der Waals surface area (Å²) in [6, 6.07) is 14.9. The summed E-state index contributed by atoms with van der Waals surface area (Å²) in [5, 5.41) is 4.92. The summed E-state index contributed by atoms with van der Waals surface area (Å²) in [6.07, 6.45) is 4.29. The number of rotatable bonds is 6. The fraction of sp³-hybridized carbons (Fsp3) is 0.158. The molecule has 0 bridgehead atoms. The fourth-order valence-electron chi connectivity index (χ4n) is 2.57. The van der Waals surface area contributed by atoms with Gasteiger partial charge in [0.15, 0.2) is 5.78 Å². The number of benzene rings is 1. The Morgan fingerprint density at radius 3 is 2.38 bits per heavy atom. The number of anilines is 1. The number of hydrogen-bond acceptors (Lipinski definition) is 3. The molecule has 0 radical (unpaired) electrons. The van der Waals surface area contributed by atoms with Crippen molar-refractivity contribution in [1.29, 1.82) is 0 Å². The van der Waals surface area contributed by atoms with Crippen molar-refractivity contribution in [2.24, 2.45) is 0 Å². The van der Waals surface area contributed by atoms with Crippen LogP contribution in [0, 0.1) is 0 Å². The molecular weight excluding hydrogens is 320 g/mol. The number of nitrogens with one attached hydrogen (secondary N) is 1. The third kappa shape index (κ3) is 3.81. The molecule has 2 aromatic heterocycles. The van der Waals surface area contributed by atoms with Crippen LogP contribution in [0.15, 0.2) is 66.3 Å². The van der Waals surface area contributed by atoms with Gasteiger partial charge in [-0.05, 0) is 54.8 Å². The highest BCUT2D eigenvalue weighted by Gasteiger charge is 2.18. The first-order valence-electron chi connectivity index (χ1n) is 7.70. The zero-order valence-corrected chi connectivity index (χ0v) is 14.1. The Bertz CT molecular complexity index is 771. The molecule has 2 heterocycles. The van der Waals surface area contributed by atoms with Crippen molar-refractivity contribution < 1.29 is 9.59 Å². The first-order chi connectivity index (χ1) is 11.6. The minimum Gasteiger partial charge on any atom is -0.346 e. The van der Waals surface area contributed by atoms with E-state index in [4.69, 9.17) is 0 Å². The number of carbonyl (C=O) groups is 2. The molecule has 1 aromatic carbocycles. The highest BCUT2D eigenvalue weighted by Crippen LogP contribution is 2.27. The van der Waals surface area contributed by atoms with Gasteiger partial charge in [0, 0.05) is 28.5 Å². The lowest BCUT2D eigenvalue weighted by Crippen LogP contribution is -2.19. The first-order valence-corrected chi connectivity index (χ1v) is 8.58. The summed E-state index contributed by atoms with van der Waals surface area (Å²) in [5.74, 6) is -0.0454. The molecule has 5 heteroatoms. The predicted molar refractivity (Wildman–Crippen MR) is 96.6 cm³/mol. The van der Waals surface area contributed by atoms with Crippen molar-refractivity contribution in [3.63, 3.8) is 0 Å². The smallest absolute Gasteiger partial charge is 0.226 e. The van der Waals surface area contributed by atoms with E-state index in [2.05, 4.69) is 5.32 Å². The number of hydrogen-bond donors (Lipinski definition) is 1. The summed E-state index contributed by atoms with van der Waals surface area (Å²) in [7, 11) is 0. The number of carbonyl (C=O) groups excluding carboxylic acids is 2. The average Bonchev–Trinajstić information content (AvgIpc) is 3.27. The van der Waals surface area contributed by atoms with Crippen LogP contribution in [0.2, 0.25) is 0 Å². The summed E-state index contributed by atoms with van der Waals surface area (Å²) in [4.78, 5) is 24.9. The zero-order valence-electron chi connectivity index (χ0n) is 13.3. The third-order valence-corrected chi connectivity index (χ3v) is 4.79. The van der Waals surface area contributed by atoms with Crippen molar-refractivity contribution in [3.05, 3.63) is 76.7 Å². The molecule has 1 amide bonds. The molecule has 4 nitrogen and oxygen atoms in total. The Kier molecular flexibility index (Phi) is 4.91. The lowest BCUT2D eigenvalue weighted by atomic mass is 10.1. The molecule has 1 atom stereocenters. The molecule has 1 N–H and O–H groups in total. The number of ketones is 1. The van der Waals surface area contributed by atoms with E-state index in [1.165, 1.54) is 6.92 Å². The van der Waals surface area contributed by atoms with E-state index in [1.54, 1.807) is 35.6 Å². The Morgan fingerprint density at radius 1 is 1.08 bits per heavy atom. The molecule has 0 saturated carbocycles. The molecule has 0 unspecified atom stereocenters. The number of aromatic nitrogens is 1. The predicted octanol–water partition coefficient (Wildman–Crippen LogP) is 4.37. The molecule has 0 spiro atoms. The van der Waals surface area contributed by atoms with Crippen LogP contribution in [0.3, 0.4) is 0 Å². The molecule has 24 heavy (non-hydrogen) atoms. The largest absolute Gasteiger partial charge is 0.346 e. The number of thiophene rings is 1. The lowest BCUT2D eigenvalue weighted by Gasteiger charge is -2.17. The Balaban J connectivity index is 1.71. The van der Waals surface area contributed by atoms with Gasteiger partial charge in [-0.2, -0.15) is 0 Å². The van der Waals surface area contributed by atoms with Crippen LogP contribution in [0.25, 0.3) is 0 Å². The summed E-state index contributed by atoms with van der Waals surface area (Å²) in [6.45, 7) is 1.52. The van der Waals surface area contributed by atoms with Gasteiger partial charge in [0.1, 0.15) is 0 Å². The maximum Gasteiger partial charge on any atom is 0.226 e. The van der Waals surface area contributed by atoms with Crippen molar-refractivity contribution in [1.82, 2.24) is 4.57 Å². The van der Waals surface area contributed by atoms with Crippen molar-refractivity contribution in [2.45, 2.75) is 19.4 Å². The van der Waals surface area contributed by atoms with Gasteiger partial charge in [-0.3, -0.25) is 9.59 Å². The van der Waals surface area contributed by atoms with Crippen molar-refractivity contribution in [3.8, 4) is 0 Å². The highest BCUT2D eigenvalue weighted by molar-refractivity contribution is 7.10. The fourth-order valence-corrected chi connectivity index (χ4v) is 3.40. The minimum absolute atomic E-state index is 0.0123. The maximum atomic E-state index is 12.4. The normalized spacial score (nSPS) is 11.9. The average molecular weight is 338 g/mol. The van der Waals surface area contributed by atoms with Crippen LogP contribution in [0.1, 0.15) is 34.6 Å². The maximum absolute atomic E-state index is 12.4. The minimum atomic E-state index is -0.0577. The third-order valence-electron chi connectivity index (χ3n) is 3.81. The second-order valence-electron chi connectivity index (χ2n) is 5.55. The second-order valence-corrected chi connectivity index (χ2v) is 6.53. The van der Waals surface area contributed by atoms with E-state index in [0.717, 1.165) is 4.88 Å². The molecule has 3 rings (SSSR count). The monoisotopic (exact) mass is 338 g/mol. The molecule has 0 saturated heterocycles. The van der Waals surface area contributed by atoms with Gasteiger partial charge in [-0.25, -0.2) is 0 Å². The summed E-state index contributed by atoms with van der Waals surface area (Å²) in [5.41, 5.74) is 1.33. The molecule has 0 aliphatic rings. The van der Waals surface area contributed by atoms with E-state index < -0.39 is 0 Å². The van der Waals surface area contributed by atoms with Crippen LogP contribution < -0.4 is 5.32 Å². The number of amides is 1. The van der Waals surface area contributed by atoms with Crippen LogP contribution in [0.5, 0.6) is 0 Å². The second kappa shape index (κ2) is 7.27. The molecule has 0 aliphatic carbocycles. The van der Waals surface area contributed by atoms with Crippen LogP contribution in [-0.2, 0) is 4.79 Å². The van der Waals surface area contributed by atoms with Gasteiger partial charge in [0.05, 0.1) is 12.5 Å². The van der Waals surface area contributed by atoms with E-state index in [0.29, 0.717) is 17.7 Å². The van der Waals surface area contributed by atoms with Gasteiger partial charge < -0.3 is 9.88 Å². The van der Waals surface area contributed by atoms with E-state index in [1.807, 2.05) is 46.6 Å². The zero-order chi connectivity index (χ0) is 16.9. The van der Waals surface area contributed by atoms with Gasteiger partial charge in [-0.1, -0.05) is 6.07 Å². The Labute approximate surface area is 144 Å². The van der Waals surface area contributed by atoms with Crippen LogP contribution in [-0.4, -0.2) is 16.3 Å². The van der Waals surface area contributed by atoms with Crippen molar-refractivity contribution >= 4 is 28.7 Å². The molecular formula is C19H18N2O2S. The van der Waals surface area contributed by atoms with Gasteiger partial charge in [0.25, 0.3) is 0 Å². The number of nitrogens with zero attached hydrogens (tertiary/aromatic N) is 1.